The maximum Gasteiger partial charge on any atom is 0.261 e. The number of fused-ring (bicyclic) bond motifs is 1. The number of anilines is 2. The number of nitrogens with zero attached hydrogens (tertiary/aromatic N) is 1. The third kappa shape index (κ3) is 3.62. The Morgan fingerprint density at radius 3 is 2.52 bits per heavy atom. The Morgan fingerprint density at radius 1 is 1.00 bits per heavy atom. The molecule has 8 nitrogen and oxygen atoms in total. The molecule has 4 rings (SSSR count). The average Bonchev–Trinajstić information content (AvgIpc) is 3.33. The Balaban J connectivity index is 1.47. The standard InChI is InChI=1S/C21H19N3O5/c1-24-20(27)15-8-7-14(11-16(15)21(24)28)22-18(25)12-4-2-5-13(10-12)23-19(26)17-6-3-9-29-17/h2,4-5,7-8,10-11,17H,3,6,9H2,1H3,(H,22,25)(H,23,26). The summed E-state index contributed by atoms with van der Waals surface area (Å²) in [5.74, 6) is -1.40. The molecule has 0 saturated carbocycles. The highest BCUT2D eigenvalue weighted by atomic mass is 16.5. The molecule has 0 spiro atoms. The fourth-order valence-electron chi connectivity index (χ4n) is 3.39. The molecule has 29 heavy (non-hydrogen) atoms. The molecule has 2 aliphatic heterocycles. The molecule has 8 heteroatoms. The minimum absolute atomic E-state index is 0.231. The molecule has 1 fully saturated rings. The smallest absolute Gasteiger partial charge is 0.261 e. The highest BCUT2D eigenvalue weighted by molar-refractivity contribution is 6.21. The van der Waals surface area contributed by atoms with Gasteiger partial charge in [-0.25, -0.2) is 0 Å². The Bertz CT molecular complexity index is 1030. The summed E-state index contributed by atoms with van der Waals surface area (Å²) in [6, 6.07) is 11.1. The summed E-state index contributed by atoms with van der Waals surface area (Å²) >= 11 is 0. The zero-order chi connectivity index (χ0) is 20.5. The molecule has 0 radical (unpaired) electrons. The van der Waals surface area contributed by atoms with Crippen molar-refractivity contribution in [2.75, 3.05) is 24.3 Å². The number of imide groups is 1. The van der Waals surface area contributed by atoms with Crippen LogP contribution in [0.4, 0.5) is 11.4 Å². The van der Waals surface area contributed by atoms with Gasteiger partial charge in [0.05, 0.1) is 11.1 Å². The first-order valence-electron chi connectivity index (χ1n) is 9.24. The van der Waals surface area contributed by atoms with Crippen LogP contribution < -0.4 is 10.6 Å². The number of amides is 4. The normalized spacial score (nSPS) is 18.0. The van der Waals surface area contributed by atoms with Gasteiger partial charge in [0.15, 0.2) is 0 Å². The lowest BCUT2D eigenvalue weighted by Gasteiger charge is -2.11. The summed E-state index contributed by atoms with van der Waals surface area (Å²) in [6.07, 6.45) is 1.07. The second-order valence-electron chi connectivity index (χ2n) is 6.96. The van der Waals surface area contributed by atoms with Gasteiger partial charge in [0.1, 0.15) is 6.10 Å². The van der Waals surface area contributed by atoms with E-state index < -0.39 is 17.9 Å². The summed E-state index contributed by atoms with van der Waals surface area (Å²) in [5, 5.41) is 5.48. The molecule has 1 saturated heterocycles. The topological polar surface area (TPSA) is 105 Å². The van der Waals surface area contributed by atoms with Crippen LogP contribution in [0.15, 0.2) is 42.5 Å². The van der Waals surface area contributed by atoms with Gasteiger partial charge in [-0.15, -0.1) is 0 Å². The van der Waals surface area contributed by atoms with Gasteiger partial charge in [-0.3, -0.25) is 24.1 Å². The molecule has 2 aromatic rings. The van der Waals surface area contributed by atoms with E-state index in [1.807, 2.05) is 0 Å². The fraction of sp³-hybridized carbons (Fsp3) is 0.238. The van der Waals surface area contributed by atoms with E-state index in [2.05, 4.69) is 10.6 Å². The van der Waals surface area contributed by atoms with E-state index in [1.54, 1.807) is 30.3 Å². The molecule has 148 valence electrons. The van der Waals surface area contributed by atoms with Gasteiger partial charge in [0.25, 0.3) is 23.6 Å². The first-order chi connectivity index (χ1) is 13.9. The molecule has 0 bridgehead atoms. The third-order valence-corrected chi connectivity index (χ3v) is 4.96. The number of hydrogen-bond acceptors (Lipinski definition) is 5. The first-order valence-corrected chi connectivity index (χ1v) is 9.24. The molecule has 2 aromatic carbocycles. The van der Waals surface area contributed by atoms with Gasteiger partial charge < -0.3 is 15.4 Å². The number of rotatable bonds is 4. The Labute approximate surface area is 166 Å². The van der Waals surface area contributed by atoms with Crippen LogP contribution >= 0.6 is 0 Å². The molecule has 1 atom stereocenters. The molecule has 0 aromatic heterocycles. The van der Waals surface area contributed by atoms with Crippen LogP contribution in [0.3, 0.4) is 0 Å². The van der Waals surface area contributed by atoms with Gasteiger partial charge in [0, 0.05) is 30.6 Å². The second kappa shape index (κ2) is 7.48. The number of hydrogen-bond donors (Lipinski definition) is 2. The lowest BCUT2D eigenvalue weighted by molar-refractivity contribution is -0.124. The van der Waals surface area contributed by atoms with Crippen LogP contribution in [-0.2, 0) is 9.53 Å². The summed E-state index contributed by atoms with van der Waals surface area (Å²) in [5.41, 5.74) is 1.81. The lowest BCUT2D eigenvalue weighted by atomic mass is 10.1. The summed E-state index contributed by atoms with van der Waals surface area (Å²) in [6.45, 7) is 0.575. The Hall–Kier alpha value is -3.52. The summed E-state index contributed by atoms with van der Waals surface area (Å²) in [7, 11) is 1.42. The van der Waals surface area contributed by atoms with E-state index in [4.69, 9.17) is 4.74 Å². The van der Waals surface area contributed by atoms with Crippen LogP contribution in [0.2, 0.25) is 0 Å². The molecule has 0 aliphatic carbocycles. The summed E-state index contributed by atoms with van der Waals surface area (Å²) in [4.78, 5) is 49.9. The highest BCUT2D eigenvalue weighted by Crippen LogP contribution is 2.25. The quantitative estimate of drug-likeness (QED) is 0.776. The van der Waals surface area contributed by atoms with Gasteiger partial charge >= 0.3 is 0 Å². The number of nitrogens with one attached hydrogen (secondary N) is 2. The largest absolute Gasteiger partial charge is 0.368 e. The van der Waals surface area contributed by atoms with Crippen molar-refractivity contribution in [2.24, 2.45) is 0 Å². The number of ether oxygens (including phenoxy) is 1. The fourth-order valence-corrected chi connectivity index (χ4v) is 3.39. The molecule has 2 heterocycles. The molecule has 1 unspecified atom stereocenters. The van der Waals surface area contributed by atoms with E-state index in [0.717, 1.165) is 11.3 Å². The van der Waals surface area contributed by atoms with Crippen molar-refractivity contribution < 1.29 is 23.9 Å². The molecule has 4 amide bonds. The SMILES string of the molecule is CN1C(=O)c2ccc(NC(=O)c3cccc(NC(=O)C4CCCO4)c3)cc2C1=O. The van der Waals surface area contributed by atoms with Gasteiger partial charge in [-0.2, -0.15) is 0 Å². The van der Waals surface area contributed by atoms with E-state index in [0.29, 0.717) is 35.5 Å². The maximum atomic E-state index is 12.6. The Morgan fingerprint density at radius 2 is 1.76 bits per heavy atom. The van der Waals surface area contributed by atoms with Gasteiger partial charge in [-0.05, 0) is 49.2 Å². The van der Waals surface area contributed by atoms with E-state index in [9.17, 15) is 19.2 Å². The minimum Gasteiger partial charge on any atom is -0.368 e. The lowest BCUT2D eigenvalue weighted by Crippen LogP contribution is -2.27. The first kappa shape index (κ1) is 18.8. The van der Waals surface area contributed by atoms with E-state index >= 15 is 0 Å². The second-order valence-corrected chi connectivity index (χ2v) is 6.96. The molecular formula is C21H19N3O5. The number of benzene rings is 2. The van der Waals surface area contributed by atoms with E-state index in [-0.39, 0.29) is 17.4 Å². The van der Waals surface area contributed by atoms with Crippen molar-refractivity contribution in [2.45, 2.75) is 18.9 Å². The molecule has 2 aliphatic rings. The van der Waals surface area contributed by atoms with Crippen molar-refractivity contribution in [3.05, 3.63) is 59.2 Å². The van der Waals surface area contributed by atoms with Crippen molar-refractivity contribution in [1.29, 1.82) is 0 Å². The molecular weight excluding hydrogens is 374 g/mol. The monoisotopic (exact) mass is 393 g/mol. The zero-order valence-corrected chi connectivity index (χ0v) is 15.7. The van der Waals surface area contributed by atoms with Gasteiger partial charge in [-0.1, -0.05) is 6.07 Å². The predicted octanol–water partition coefficient (Wildman–Crippen LogP) is 2.28. The van der Waals surface area contributed by atoms with Crippen molar-refractivity contribution in [3.8, 4) is 0 Å². The number of carbonyl (C=O) groups is 4. The van der Waals surface area contributed by atoms with Crippen molar-refractivity contribution in [1.82, 2.24) is 4.90 Å². The van der Waals surface area contributed by atoms with Crippen LogP contribution in [0.25, 0.3) is 0 Å². The van der Waals surface area contributed by atoms with Crippen molar-refractivity contribution in [3.63, 3.8) is 0 Å². The summed E-state index contributed by atoms with van der Waals surface area (Å²) < 4.78 is 5.36. The third-order valence-electron chi connectivity index (χ3n) is 4.96. The van der Waals surface area contributed by atoms with Crippen LogP contribution in [-0.4, -0.2) is 48.3 Å². The minimum atomic E-state index is -0.461. The predicted molar refractivity (Wildman–Crippen MR) is 105 cm³/mol. The van der Waals surface area contributed by atoms with Crippen LogP contribution in [0.1, 0.15) is 43.9 Å². The number of carbonyl (C=O) groups excluding carboxylic acids is 4. The Kier molecular flexibility index (Phi) is 4.85. The van der Waals surface area contributed by atoms with Crippen LogP contribution in [0.5, 0.6) is 0 Å². The maximum absolute atomic E-state index is 12.6. The highest BCUT2D eigenvalue weighted by Gasteiger charge is 2.32. The average molecular weight is 393 g/mol. The van der Waals surface area contributed by atoms with Gasteiger partial charge in [0.2, 0.25) is 0 Å². The van der Waals surface area contributed by atoms with E-state index in [1.165, 1.54) is 19.2 Å². The van der Waals surface area contributed by atoms with Crippen LogP contribution in [0, 0.1) is 0 Å². The zero-order valence-electron chi connectivity index (χ0n) is 15.7. The molecule has 2 N–H and O–H groups in total. The van der Waals surface area contributed by atoms with Crippen molar-refractivity contribution >= 4 is 35.0 Å².